The maximum absolute atomic E-state index is 6.04. The largest absolute Gasteiger partial charge is 0.381 e. The van der Waals surface area contributed by atoms with Gasteiger partial charge in [-0.15, -0.1) is 0 Å². The minimum absolute atomic E-state index is 0.283. The lowest BCUT2D eigenvalue weighted by Gasteiger charge is -2.40. The van der Waals surface area contributed by atoms with E-state index in [2.05, 4.69) is 147 Å². The van der Waals surface area contributed by atoms with Gasteiger partial charge in [0.25, 0.3) is 0 Å². The molecular weight excluding hydrogens is 797 g/mol. The van der Waals surface area contributed by atoms with E-state index in [1.54, 1.807) is 0 Å². The van der Waals surface area contributed by atoms with Gasteiger partial charge in [0.15, 0.2) is 0 Å². The SMILES string of the molecule is CCC1(COCCCCCCc2ccc(-c3ccc4c(c3)C3(c5ccccc5-c5ccccc53)c3cc(-c5ccc(CCCCCCOCC6(CC)COC6)cc5)ccc3-4)cc2)COC1. The smallest absolute Gasteiger partial charge is 0.0725 e. The number of fused-ring (bicyclic) bond motifs is 10. The molecular formula is C61H68O4. The fourth-order valence-electron chi connectivity index (χ4n) is 11.1. The normalized spacial score (nSPS) is 16.6. The molecule has 6 aromatic rings. The zero-order valence-electron chi connectivity index (χ0n) is 39.0. The first-order chi connectivity index (χ1) is 32.0. The molecule has 10 rings (SSSR count). The molecule has 2 aliphatic heterocycles. The second-order valence-electron chi connectivity index (χ2n) is 19.9. The molecule has 4 nitrogen and oxygen atoms in total. The highest BCUT2D eigenvalue weighted by molar-refractivity contribution is 5.96. The summed E-state index contributed by atoms with van der Waals surface area (Å²) < 4.78 is 23.0. The third-order valence-corrected chi connectivity index (χ3v) is 15.6. The molecule has 2 aliphatic carbocycles. The summed E-state index contributed by atoms with van der Waals surface area (Å²) in [4.78, 5) is 0. The lowest BCUT2D eigenvalue weighted by molar-refractivity contribution is -0.150. The molecule has 0 atom stereocenters. The maximum Gasteiger partial charge on any atom is 0.0725 e. The van der Waals surface area contributed by atoms with Crippen molar-refractivity contribution < 1.29 is 18.9 Å². The summed E-state index contributed by atoms with van der Waals surface area (Å²) in [6, 6.07) is 51.6. The fraction of sp³-hybridized carbons (Fsp3) is 0.410. The van der Waals surface area contributed by atoms with Crippen molar-refractivity contribution >= 4 is 0 Å². The third kappa shape index (κ3) is 8.69. The van der Waals surface area contributed by atoms with Crippen LogP contribution in [-0.4, -0.2) is 52.9 Å². The molecule has 336 valence electrons. The fourth-order valence-corrected chi connectivity index (χ4v) is 11.1. The number of hydrogen-bond acceptors (Lipinski definition) is 4. The molecule has 65 heavy (non-hydrogen) atoms. The van der Waals surface area contributed by atoms with Gasteiger partial charge in [-0.05, 0) is 141 Å². The van der Waals surface area contributed by atoms with Gasteiger partial charge in [-0.2, -0.15) is 0 Å². The quantitative estimate of drug-likeness (QED) is 0.0636. The highest BCUT2D eigenvalue weighted by Crippen LogP contribution is 2.63. The molecule has 1 spiro atoms. The summed E-state index contributed by atoms with van der Waals surface area (Å²) in [6.07, 6.45) is 14.2. The van der Waals surface area contributed by atoms with E-state index in [9.17, 15) is 0 Å². The van der Waals surface area contributed by atoms with E-state index in [-0.39, 0.29) is 10.8 Å². The van der Waals surface area contributed by atoms with E-state index in [1.807, 2.05) is 0 Å². The topological polar surface area (TPSA) is 36.9 Å². The summed E-state index contributed by atoms with van der Waals surface area (Å²) in [5, 5.41) is 0. The molecule has 0 unspecified atom stereocenters. The Labute approximate surface area is 388 Å². The van der Waals surface area contributed by atoms with Crippen LogP contribution in [0, 0.1) is 10.8 Å². The highest BCUT2D eigenvalue weighted by atomic mass is 16.5. The molecule has 2 heterocycles. The number of hydrogen-bond donors (Lipinski definition) is 0. The van der Waals surface area contributed by atoms with Crippen molar-refractivity contribution in [2.75, 3.05) is 52.9 Å². The van der Waals surface area contributed by atoms with Gasteiger partial charge in [-0.3, -0.25) is 0 Å². The van der Waals surface area contributed by atoms with Crippen LogP contribution in [0.15, 0.2) is 133 Å². The van der Waals surface area contributed by atoms with Gasteiger partial charge in [0.2, 0.25) is 0 Å². The van der Waals surface area contributed by atoms with Crippen molar-refractivity contribution in [1.82, 2.24) is 0 Å². The van der Waals surface area contributed by atoms with Gasteiger partial charge >= 0.3 is 0 Å². The Balaban J connectivity index is 0.826. The lowest BCUT2D eigenvalue weighted by Crippen LogP contribution is -2.45. The Morgan fingerprint density at radius 3 is 1.18 bits per heavy atom. The molecule has 0 aromatic heterocycles. The molecule has 6 aromatic carbocycles. The Bertz CT molecular complexity index is 2350. The van der Waals surface area contributed by atoms with Gasteiger partial charge in [-0.25, -0.2) is 0 Å². The standard InChI is InChI=1S/C61H68O4/c1-3-59(41-64-42-59)39-62-35-15-7-5-9-17-45-23-27-47(28-24-45)49-31-33-53-54-34-32-50(48-29-25-46(26-30-48)18-10-6-8-16-36-63-40-60(4-2)43-65-44-60)38-58(54)61(57(53)37-49)55-21-13-11-19-51(55)52-20-12-14-22-56(52)61/h11-14,19-34,37-38H,3-10,15-18,35-36,39-44H2,1-2H3. The zero-order chi connectivity index (χ0) is 44.1. The van der Waals surface area contributed by atoms with Crippen molar-refractivity contribution in [3.63, 3.8) is 0 Å². The Kier molecular flexibility index (Phi) is 13.2. The van der Waals surface area contributed by atoms with Gasteiger partial charge in [-0.1, -0.05) is 161 Å². The molecule has 4 heteroatoms. The van der Waals surface area contributed by atoms with E-state index >= 15 is 0 Å². The van der Waals surface area contributed by atoms with Crippen LogP contribution in [0.25, 0.3) is 44.5 Å². The second kappa shape index (κ2) is 19.6. The molecule has 0 amide bonds. The predicted molar refractivity (Wildman–Crippen MR) is 267 cm³/mol. The average Bonchev–Trinajstić information content (AvgIpc) is 3.79. The van der Waals surface area contributed by atoms with E-state index in [0.717, 1.165) is 91.4 Å². The molecule has 0 N–H and O–H groups in total. The Morgan fingerprint density at radius 1 is 0.400 bits per heavy atom. The Hall–Kier alpha value is -4.84. The number of aryl methyl sites for hydroxylation is 2. The van der Waals surface area contributed by atoms with Crippen LogP contribution in [-0.2, 0) is 37.2 Å². The molecule has 0 bridgehead atoms. The first-order valence-corrected chi connectivity index (χ1v) is 25.0. The van der Waals surface area contributed by atoms with Crippen molar-refractivity contribution in [2.24, 2.45) is 10.8 Å². The van der Waals surface area contributed by atoms with Gasteiger partial charge in [0, 0.05) is 24.0 Å². The van der Waals surface area contributed by atoms with Crippen LogP contribution in [0.3, 0.4) is 0 Å². The molecule has 2 saturated heterocycles. The summed E-state index contributed by atoms with van der Waals surface area (Å²) in [5.41, 5.74) is 19.0. The minimum Gasteiger partial charge on any atom is -0.381 e. The van der Waals surface area contributed by atoms with Gasteiger partial charge < -0.3 is 18.9 Å². The number of unbranched alkanes of at least 4 members (excludes halogenated alkanes) is 6. The van der Waals surface area contributed by atoms with E-state index in [4.69, 9.17) is 18.9 Å². The number of rotatable bonds is 22. The highest BCUT2D eigenvalue weighted by Gasteiger charge is 2.51. The Morgan fingerprint density at radius 2 is 0.785 bits per heavy atom. The van der Waals surface area contributed by atoms with E-state index in [1.165, 1.54) is 116 Å². The van der Waals surface area contributed by atoms with Crippen LogP contribution >= 0.6 is 0 Å². The van der Waals surface area contributed by atoms with E-state index < -0.39 is 5.41 Å². The third-order valence-electron chi connectivity index (χ3n) is 15.6. The van der Waals surface area contributed by atoms with Crippen LogP contribution < -0.4 is 0 Å². The van der Waals surface area contributed by atoms with Gasteiger partial charge in [0.05, 0.1) is 45.1 Å². The summed E-state index contributed by atoms with van der Waals surface area (Å²) >= 11 is 0. The van der Waals surface area contributed by atoms with Gasteiger partial charge in [0.1, 0.15) is 0 Å². The first kappa shape index (κ1) is 44.0. The van der Waals surface area contributed by atoms with Crippen molar-refractivity contribution in [1.29, 1.82) is 0 Å². The summed E-state index contributed by atoms with van der Waals surface area (Å²) in [7, 11) is 0. The molecule has 2 fully saturated rings. The lowest BCUT2D eigenvalue weighted by atomic mass is 9.70. The average molecular weight is 865 g/mol. The van der Waals surface area contributed by atoms with Crippen molar-refractivity contribution in [3.05, 3.63) is 167 Å². The number of ether oxygens (including phenoxy) is 4. The number of benzene rings is 6. The summed E-state index contributed by atoms with van der Waals surface area (Å²) in [6.45, 7) is 11.4. The van der Waals surface area contributed by atoms with Crippen LogP contribution in [0.2, 0.25) is 0 Å². The summed E-state index contributed by atoms with van der Waals surface area (Å²) in [5.74, 6) is 0. The minimum atomic E-state index is -0.397. The maximum atomic E-state index is 6.04. The first-order valence-electron chi connectivity index (χ1n) is 25.0. The second-order valence-corrected chi connectivity index (χ2v) is 19.9. The van der Waals surface area contributed by atoms with Crippen molar-refractivity contribution in [3.8, 4) is 44.5 Å². The van der Waals surface area contributed by atoms with Crippen molar-refractivity contribution in [2.45, 2.75) is 96.3 Å². The monoisotopic (exact) mass is 865 g/mol. The van der Waals surface area contributed by atoms with E-state index in [0.29, 0.717) is 0 Å². The zero-order valence-corrected chi connectivity index (χ0v) is 39.0. The van der Waals surface area contributed by atoms with Crippen LogP contribution in [0.5, 0.6) is 0 Å². The molecule has 0 radical (unpaired) electrons. The predicted octanol–water partition coefficient (Wildman–Crippen LogP) is 14.5. The molecule has 0 saturated carbocycles. The van der Waals surface area contributed by atoms with Crippen LogP contribution in [0.4, 0.5) is 0 Å². The van der Waals surface area contributed by atoms with Crippen LogP contribution in [0.1, 0.15) is 111 Å². The molecule has 4 aliphatic rings.